The molecule has 3 aromatic heterocycles. The van der Waals surface area contributed by atoms with Gasteiger partial charge in [-0.1, -0.05) is 22.9 Å². The molecule has 3 heterocycles. The number of alkyl carbamates (subject to hydrolysis) is 1. The number of aromatic nitrogens is 3. The third-order valence-corrected chi connectivity index (χ3v) is 7.09. The Bertz CT molecular complexity index is 1270. The van der Waals surface area contributed by atoms with Crippen molar-refractivity contribution in [3.05, 3.63) is 29.2 Å². The van der Waals surface area contributed by atoms with Crippen molar-refractivity contribution in [1.82, 2.24) is 20.1 Å². The molecular formula is C20H21ClFN5O2S2. The minimum Gasteiger partial charge on any atom is -0.444 e. The van der Waals surface area contributed by atoms with Gasteiger partial charge in [-0.25, -0.2) is 14.2 Å². The Morgan fingerprint density at radius 3 is 2.77 bits per heavy atom. The number of aryl methyl sites for hydroxylation is 1. The van der Waals surface area contributed by atoms with E-state index < -0.39 is 11.7 Å². The van der Waals surface area contributed by atoms with Crippen molar-refractivity contribution in [2.24, 2.45) is 7.05 Å². The zero-order valence-electron chi connectivity index (χ0n) is 17.4. The Labute approximate surface area is 191 Å². The van der Waals surface area contributed by atoms with E-state index in [1.54, 1.807) is 17.9 Å². The van der Waals surface area contributed by atoms with Crippen molar-refractivity contribution in [2.75, 3.05) is 18.4 Å². The number of halogens is 2. The number of ether oxygens (including phenoxy) is 1. The molecule has 0 bridgehead atoms. The number of thiazole rings is 1. The van der Waals surface area contributed by atoms with E-state index >= 15 is 0 Å². The van der Waals surface area contributed by atoms with Gasteiger partial charge in [0.05, 0.1) is 9.72 Å². The Morgan fingerprint density at radius 2 is 2.06 bits per heavy atom. The first kappa shape index (κ1) is 21.8. The highest BCUT2D eigenvalue weighted by Gasteiger charge is 2.18. The van der Waals surface area contributed by atoms with E-state index in [1.165, 1.54) is 28.7 Å². The summed E-state index contributed by atoms with van der Waals surface area (Å²) in [5.74, 6) is -0.377. The molecule has 0 aliphatic carbocycles. The third-order valence-electron chi connectivity index (χ3n) is 4.20. The van der Waals surface area contributed by atoms with Gasteiger partial charge in [-0.15, -0.1) is 11.3 Å². The number of hydrogen-bond acceptors (Lipinski definition) is 7. The number of nitrogens with one attached hydrogen (secondary N) is 2. The van der Waals surface area contributed by atoms with Crippen molar-refractivity contribution < 1.29 is 13.9 Å². The molecule has 2 N–H and O–H groups in total. The zero-order chi connectivity index (χ0) is 22.3. The molecular weight excluding hydrogens is 461 g/mol. The maximum Gasteiger partial charge on any atom is 0.407 e. The van der Waals surface area contributed by atoms with E-state index in [-0.39, 0.29) is 5.82 Å². The number of fused-ring (bicyclic) bond motifs is 2. The van der Waals surface area contributed by atoms with Crippen LogP contribution in [0.5, 0.6) is 0 Å². The largest absolute Gasteiger partial charge is 0.444 e. The average molecular weight is 482 g/mol. The SMILES string of the molecule is Cn1cc2cc(-c3nc4sc(NCCNC(=O)OC(C)(C)C)c(Cl)c4s3)cc(F)c2n1. The van der Waals surface area contributed by atoms with Crippen LogP contribution in [0.25, 0.3) is 31.0 Å². The summed E-state index contributed by atoms with van der Waals surface area (Å²) in [6.07, 6.45) is 1.31. The fraction of sp³-hybridized carbons (Fsp3) is 0.350. The predicted molar refractivity (Wildman–Crippen MR) is 125 cm³/mol. The maximum atomic E-state index is 14.4. The number of nitrogens with zero attached hydrogens (tertiary/aromatic N) is 3. The first-order valence-corrected chi connectivity index (χ1v) is 11.5. The van der Waals surface area contributed by atoms with Crippen LogP contribution in [0.3, 0.4) is 0 Å². The van der Waals surface area contributed by atoms with Gasteiger partial charge < -0.3 is 15.4 Å². The van der Waals surface area contributed by atoms with Crippen LogP contribution in [0.4, 0.5) is 14.2 Å². The lowest BCUT2D eigenvalue weighted by molar-refractivity contribution is 0.0530. The van der Waals surface area contributed by atoms with Crippen molar-refractivity contribution in [1.29, 1.82) is 0 Å². The molecule has 1 aromatic carbocycles. The molecule has 0 radical (unpaired) electrons. The topological polar surface area (TPSA) is 81.1 Å². The number of rotatable bonds is 5. The van der Waals surface area contributed by atoms with Gasteiger partial charge in [0.2, 0.25) is 0 Å². The summed E-state index contributed by atoms with van der Waals surface area (Å²) in [6, 6.07) is 3.33. The number of benzene rings is 1. The van der Waals surface area contributed by atoms with Crippen LogP contribution in [0.1, 0.15) is 20.8 Å². The van der Waals surface area contributed by atoms with Crippen LogP contribution in [0, 0.1) is 5.82 Å². The van der Waals surface area contributed by atoms with Gasteiger partial charge in [-0.05, 0) is 32.9 Å². The van der Waals surface area contributed by atoms with E-state index in [4.69, 9.17) is 16.3 Å². The first-order chi connectivity index (χ1) is 14.6. The summed E-state index contributed by atoms with van der Waals surface area (Å²) < 4.78 is 22.1. The molecule has 4 aromatic rings. The lowest BCUT2D eigenvalue weighted by Crippen LogP contribution is -2.34. The fourth-order valence-corrected chi connectivity index (χ4v) is 5.58. The van der Waals surface area contributed by atoms with Gasteiger partial charge in [0.1, 0.15) is 26.0 Å². The highest BCUT2D eigenvalue weighted by atomic mass is 35.5. The van der Waals surface area contributed by atoms with Gasteiger partial charge >= 0.3 is 6.09 Å². The lowest BCUT2D eigenvalue weighted by atomic mass is 10.1. The molecule has 0 spiro atoms. The van der Waals surface area contributed by atoms with Gasteiger partial charge in [0.15, 0.2) is 5.82 Å². The van der Waals surface area contributed by atoms with E-state index in [0.29, 0.717) is 34.2 Å². The number of amides is 1. The molecule has 0 aliphatic heterocycles. The van der Waals surface area contributed by atoms with Gasteiger partial charge in [-0.2, -0.15) is 5.10 Å². The second-order valence-corrected chi connectivity index (χ2v) is 10.3. The Kier molecular flexibility index (Phi) is 5.80. The van der Waals surface area contributed by atoms with E-state index in [2.05, 4.69) is 20.7 Å². The fourth-order valence-electron chi connectivity index (χ4n) is 2.99. The van der Waals surface area contributed by atoms with Crippen LogP contribution in [-0.4, -0.2) is 39.5 Å². The van der Waals surface area contributed by atoms with Crippen molar-refractivity contribution in [3.8, 4) is 10.6 Å². The Hall–Kier alpha value is -2.43. The van der Waals surface area contributed by atoms with Gasteiger partial charge in [0.25, 0.3) is 0 Å². The van der Waals surface area contributed by atoms with Gasteiger partial charge in [-0.3, -0.25) is 4.68 Å². The minimum absolute atomic E-state index is 0.342. The molecule has 0 atom stereocenters. The summed E-state index contributed by atoms with van der Waals surface area (Å²) in [5.41, 5.74) is 0.500. The standard InChI is InChI=1S/C20H21ClFN5O2S2/c1-20(2,3)29-19(28)24-6-5-23-17-13(21)15-18(31-17)25-16(30-15)10-7-11-9-27(4)26-14(11)12(22)8-10/h7-9,23H,5-6H2,1-4H3,(H,24,28). The molecule has 4 rings (SSSR count). The van der Waals surface area contributed by atoms with Crippen LogP contribution >= 0.6 is 34.3 Å². The van der Waals surface area contributed by atoms with Crippen LogP contribution in [-0.2, 0) is 11.8 Å². The monoisotopic (exact) mass is 481 g/mol. The minimum atomic E-state index is -0.535. The average Bonchev–Trinajstić information content (AvgIpc) is 3.32. The molecule has 0 unspecified atom stereocenters. The van der Waals surface area contributed by atoms with Crippen molar-refractivity contribution in [2.45, 2.75) is 26.4 Å². The normalized spacial score (nSPS) is 11.9. The molecule has 0 aliphatic rings. The lowest BCUT2D eigenvalue weighted by Gasteiger charge is -2.19. The molecule has 7 nitrogen and oxygen atoms in total. The van der Waals surface area contributed by atoms with Crippen LogP contribution in [0.2, 0.25) is 5.02 Å². The molecule has 31 heavy (non-hydrogen) atoms. The summed E-state index contributed by atoms with van der Waals surface area (Å²) in [5, 5.41) is 12.8. The number of anilines is 1. The molecule has 11 heteroatoms. The van der Waals surface area contributed by atoms with E-state index in [1.807, 2.05) is 26.8 Å². The van der Waals surface area contributed by atoms with Crippen LogP contribution < -0.4 is 10.6 Å². The van der Waals surface area contributed by atoms with Crippen molar-refractivity contribution in [3.63, 3.8) is 0 Å². The maximum absolute atomic E-state index is 14.4. The van der Waals surface area contributed by atoms with Crippen LogP contribution in [0.15, 0.2) is 18.3 Å². The Morgan fingerprint density at radius 1 is 1.29 bits per heavy atom. The second-order valence-electron chi connectivity index (χ2n) is 7.95. The number of thiophene rings is 1. The number of carbonyl (C=O) groups is 1. The number of carbonyl (C=O) groups excluding carboxylic acids is 1. The van der Waals surface area contributed by atoms with Crippen molar-refractivity contribution >= 4 is 65.8 Å². The number of hydrogen-bond donors (Lipinski definition) is 2. The molecule has 0 fully saturated rings. The smallest absolute Gasteiger partial charge is 0.407 e. The summed E-state index contributed by atoms with van der Waals surface area (Å²) in [4.78, 5) is 17.1. The second kappa shape index (κ2) is 8.25. The highest BCUT2D eigenvalue weighted by molar-refractivity contribution is 7.31. The first-order valence-electron chi connectivity index (χ1n) is 9.53. The summed E-state index contributed by atoms with van der Waals surface area (Å²) in [7, 11) is 1.76. The van der Waals surface area contributed by atoms with E-state index in [9.17, 15) is 9.18 Å². The predicted octanol–water partition coefficient (Wildman–Crippen LogP) is 5.64. The molecule has 0 saturated carbocycles. The summed E-state index contributed by atoms with van der Waals surface area (Å²) in [6.45, 7) is 6.32. The highest BCUT2D eigenvalue weighted by Crippen LogP contribution is 2.44. The summed E-state index contributed by atoms with van der Waals surface area (Å²) >= 11 is 9.37. The zero-order valence-corrected chi connectivity index (χ0v) is 19.8. The Balaban J connectivity index is 1.45. The van der Waals surface area contributed by atoms with Gasteiger partial charge in [0, 0.05) is 37.3 Å². The van der Waals surface area contributed by atoms with E-state index in [0.717, 1.165) is 19.9 Å². The molecule has 1 amide bonds. The molecule has 164 valence electrons. The quantitative estimate of drug-likeness (QED) is 0.360. The molecule has 0 saturated heterocycles. The third kappa shape index (κ3) is 4.76.